The quantitative estimate of drug-likeness (QED) is 0.406. The van der Waals surface area contributed by atoms with Crippen LogP contribution in [0.5, 0.6) is 5.88 Å². The Morgan fingerprint density at radius 1 is 1.13 bits per heavy atom. The number of guanidine groups is 1. The topological polar surface area (TPSA) is 62.2 Å². The molecule has 1 N–H and O–H groups in total. The fraction of sp³-hybridized carbons (Fsp3) is 0.455. The van der Waals surface area contributed by atoms with Crippen molar-refractivity contribution in [3.05, 3.63) is 54.0 Å². The lowest BCUT2D eigenvalue weighted by Gasteiger charge is -2.37. The van der Waals surface area contributed by atoms with Crippen LogP contribution in [0.1, 0.15) is 12.5 Å². The summed E-state index contributed by atoms with van der Waals surface area (Å²) in [5.74, 6) is 1.26. The van der Waals surface area contributed by atoms with Gasteiger partial charge in [0.2, 0.25) is 5.88 Å². The summed E-state index contributed by atoms with van der Waals surface area (Å²) in [6, 6.07) is 10.5. The molecule has 7 nitrogen and oxygen atoms in total. The summed E-state index contributed by atoms with van der Waals surface area (Å²) in [5, 5.41) is 3.38. The van der Waals surface area contributed by atoms with Crippen LogP contribution in [0.25, 0.3) is 0 Å². The molecule has 8 heteroatoms. The third-order valence-electron chi connectivity index (χ3n) is 4.88. The number of piperazine rings is 1. The van der Waals surface area contributed by atoms with E-state index in [4.69, 9.17) is 14.5 Å². The van der Waals surface area contributed by atoms with E-state index in [2.05, 4.69) is 27.0 Å². The summed E-state index contributed by atoms with van der Waals surface area (Å²) in [5.41, 5.74) is 1.99. The third kappa shape index (κ3) is 6.06. The molecule has 0 bridgehead atoms. The van der Waals surface area contributed by atoms with Crippen LogP contribution in [0.15, 0.2) is 47.6 Å². The molecule has 3 rings (SSSR count). The van der Waals surface area contributed by atoms with Gasteiger partial charge in [-0.3, -0.25) is 0 Å². The van der Waals surface area contributed by atoms with Gasteiger partial charge in [-0.2, -0.15) is 0 Å². The number of halogens is 1. The van der Waals surface area contributed by atoms with Crippen molar-refractivity contribution in [3.8, 4) is 5.88 Å². The van der Waals surface area contributed by atoms with E-state index in [0.29, 0.717) is 25.6 Å². The molecular formula is C22H30FN5O2. The predicted molar refractivity (Wildman–Crippen MR) is 117 cm³/mol. The zero-order valence-electron chi connectivity index (χ0n) is 17.7. The summed E-state index contributed by atoms with van der Waals surface area (Å²) in [6.45, 7) is 7.70. The second kappa shape index (κ2) is 11.3. The molecule has 0 amide bonds. The van der Waals surface area contributed by atoms with Crippen LogP contribution in [-0.2, 0) is 11.3 Å². The first kappa shape index (κ1) is 21.8. The minimum absolute atomic E-state index is 0.208. The van der Waals surface area contributed by atoms with Gasteiger partial charge in [-0.25, -0.2) is 14.4 Å². The van der Waals surface area contributed by atoms with Crippen LogP contribution >= 0.6 is 0 Å². The van der Waals surface area contributed by atoms with Crippen molar-refractivity contribution < 1.29 is 13.9 Å². The van der Waals surface area contributed by atoms with E-state index in [9.17, 15) is 4.39 Å². The van der Waals surface area contributed by atoms with E-state index >= 15 is 0 Å². The van der Waals surface area contributed by atoms with E-state index in [1.54, 1.807) is 13.3 Å². The number of rotatable bonds is 8. The molecular weight excluding hydrogens is 385 g/mol. The highest BCUT2D eigenvalue weighted by Gasteiger charge is 2.20. The molecule has 1 saturated heterocycles. The van der Waals surface area contributed by atoms with Crippen molar-refractivity contribution >= 4 is 11.6 Å². The smallest absolute Gasteiger partial charge is 0.218 e. The van der Waals surface area contributed by atoms with Gasteiger partial charge < -0.3 is 24.6 Å². The fourth-order valence-electron chi connectivity index (χ4n) is 3.31. The Labute approximate surface area is 177 Å². The normalized spacial score (nSPS) is 14.7. The maximum Gasteiger partial charge on any atom is 0.218 e. The molecule has 1 aromatic heterocycles. The second-order valence-corrected chi connectivity index (χ2v) is 6.93. The number of benzene rings is 1. The molecule has 0 unspecified atom stereocenters. The molecule has 2 heterocycles. The molecule has 1 fully saturated rings. The highest BCUT2D eigenvalue weighted by Crippen LogP contribution is 2.18. The van der Waals surface area contributed by atoms with E-state index in [1.165, 1.54) is 12.1 Å². The maximum atomic E-state index is 13.2. The number of pyridine rings is 1. The number of aromatic nitrogens is 1. The first-order chi connectivity index (χ1) is 14.7. The lowest BCUT2D eigenvalue weighted by atomic mass is 10.2. The predicted octanol–water partition coefficient (Wildman–Crippen LogP) is 2.53. The number of hydrogen-bond donors (Lipinski definition) is 1. The van der Waals surface area contributed by atoms with Gasteiger partial charge in [0.1, 0.15) is 12.4 Å². The van der Waals surface area contributed by atoms with Crippen molar-refractivity contribution in [2.45, 2.75) is 13.5 Å². The largest absolute Gasteiger partial charge is 0.475 e. The van der Waals surface area contributed by atoms with Crippen molar-refractivity contribution in [1.82, 2.24) is 15.2 Å². The lowest BCUT2D eigenvalue weighted by molar-refractivity contribution is 0.143. The SMILES string of the molecule is CCNC(=NCc1cccnc1OCCOC)N1CCN(c2ccc(F)cc2)CC1. The number of hydrogen-bond acceptors (Lipinski definition) is 5. The van der Waals surface area contributed by atoms with E-state index < -0.39 is 0 Å². The second-order valence-electron chi connectivity index (χ2n) is 6.93. The zero-order valence-corrected chi connectivity index (χ0v) is 17.7. The number of methoxy groups -OCH3 is 1. The zero-order chi connectivity index (χ0) is 21.2. The molecule has 0 spiro atoms. The first-order valence-electron chi connectivity index (χ1n) is 10.3. The van der Waals surface area contributed by atoms with E-state index in [0.717, 1.165) is 49.9 Å². The Morgan fingerprint density at radius 3 is 2.60 bits per heavy atom. The minimum atomic E-state index is -0.208. The highest BCUT2D eigenvalue weighted by atomic mass is 19.1. The molecule has 0 aliphatic carbocycles. The first-order valence-corrected chi connectivity index (χ1v) is 10.3. The van der Waals surface area contributed by atoms with Gasteiger partial charge in [-0.15, -0.1) is 0 Å². The van der Waals surface area contributed by atoms with Crippen molar-refractivity contribution in [2.75, 3.05) is 57.9 Å². The van der Waals surface area contributed by atoms with Crippen LogP contribution < -0.4 is 15.0 Å². The average molecular weight is 416 g/mol. The molecule has 0 atom stereocenters. The molecule has 0 radical (unpaired) electrons. The van der Waals surface area contributed by atoms with Crippen LogP contribution in [-0.4, -0.2) is 68.9 Å². The van der Waals surface area contributed by atoms with Gasteiger partial charge in [0, 0.05) is 57.3 Å². The molecule has 1 aliphatic rings. The molecule has 1 aliphatic heterocycles. The minimum Gasteiger partial charge on any atom is -0.475 e. The van der Waals surface area contributed by atoms with Crippen LogP contribution in [0.2, 0.25) is 0 Å². The van der Waals surface area contributed by atoms with Crippen molar-refractivity contribution in [3.63, 3.8) is 0 Å². The molecule has 2 aromatic rings. The standard InChI is InChI=1S/C22H30FN5O2/c1-3-24-22(26-17-18-5-4-10-25-21(18)30-16-15-29-2)28-13-11-27(12-14-28)20-8-6-19(23)7-9-20/h4-10H,3,11-17H2,1-2H3,(H,24,26). The van der Waals surface area contributed by atoms with Crippen LogP contribution in [0.3, 0.4) is 0 Å². The molecule has 0 saturated carbocycles. The average Bonchev–Trinajstić information content (AvgIpc) is 2.78. The van der Waals surface area contributed by atoms with Crippen molar-refractivity contribution in [2.24, 2.45) is 4.99 Å². The number of nitrogens with zero attached hydrogens (tertiary/aromatic N) is 4. The highest BCUT2D eigenvalue weighted by molar-refractivity contribution is 5.80. The van der Waals surface area contributed by atoms with Crippen LogP contribution in [0, 0.1) is 5.82 Å². The number of ether oxygens (including phenoxy) is 2. The maximum absolute atomic E-state index is 13.2. The summed E-state index contributed by atoms with van der Waals surface area (Å²) in [7, 11) is 1.64. The van der Waals surface area contributed by atoms with E-state index in [1.807, 2.05) is 24.3 Å². The molecule has 1 aromatic carbocycles. The van der Waals surface area contributed by atoms with E-state index in [-0.39, 0.29) is 5.82 Å². The third-order valence-corrected chi connectivity index (χ3v) is 4.88. The van der Waals surface area contributed by atoms with Gasteiger partial charge in [0.05, 0.1) is 13.2 Å². The summed E-state index contributed by atoms with van der Waals surface area (Å²) < 4.78 is 23.9. The number of aliphatic imine (C=N–C) groups is 1. The Morgan fingerprint density at radius 2 is 1.90 bits per heavy atom. The number of nitrogens with one attached hydrogen (secondary N) is 1. The van der Waals surface area contributed by atoms with Crippen LogP contribution in [0.4, 0.5) is 10.1 Å². The lowest BCUT2D eigenvalue weighted by Crippen LogP contribution is -2.52. The Bertz CT molecular complexity index is 807. The van der Waals surface area contributed by atoms with Crippen molar-refractivity contribution in [1.29, 1.82) is 0 Å². The Kier molecular flexibility index (Phi) is 8.26. The summed E-state index contributed by atoms with van der Waals surface area (Å²) in [4.78, 5) is 13.7. The monoisotopic (exact) mass is 415 g/mol. The Hall–Kier alpha value is -2.87. The number of anilines is 1. The van der Waals surface area contributed by atoms with Gasteiger partial charge in [0.15, 0.2) is 5.96 Å². The summed E-state index contributed by atoms with van der Waals surface area (Å²) in [6.07, 6.45) is 1.72. The molecule has 162 valence electrons. The van der Waals surface area contributed by atoms with Gasteiger partial charge >= 0.3 is 0 Å². The van der Waals surface area contributed by atoms with Gasteiger partial charge in [-0.1, -0.05) is 6.07 Å². The Balaban J connectivity index is 1.62. The van der Waals surface area contributed by atoms with Gasteiger partial charge in [-0.05, 0) is 37.3 Å². The molecule has 30 heavy (non-hydrogen) atoms. The fourth-order valence-corrected chi connectivity index (χ4v) is 3.31. The summed E-state index contributed by atoms with van der Waals surface area (Å²) >= 11 is 0. The van der Waals surface area contributed by atoms with Gasteiger partial charge in [0.25, 0.3) is 0 Å².